The zero-order valence-corrected chi connectivity index (χ0v) is 17.8. The minimum absolute atomic E-state index is 0.0451. The van der Waals surface area contributed by atoms with E-state index in [-0.39, 0.29) is 28.6 Å². The molecule has 0 heterocycles. The molecule has 0 aliphatic carbocycles. The molecule has 0 radical (unpaired) electrons. The van der Waals surface area contributed by atoms with E-state index in [0.29, 0.717) is 5.56 Å². The van der Waals surface area contributed by atoms with Crippen molar-refractivity contribution in [1.82, 2.24) is 0 Å². The van der Waals surface area contributed by atoms with Crippen LogP contribution in [0, 0.1) is 0 Å². The second kappa shape index (κ2) is 10.7. The highest BCUT2D eigenvalue weighted by atomic mass is 16.6. The Labute approximate surface area is 183 Å². The molecule has 2 aromatic rings. The van der Waals surface area contributed by atoms with Gasteiger partial charge in [0.2, 0.25) is 0 Å². The third kappa shape index (κ3) is 7.52. The van der Waals surface area contributed by atoms with Crippen molar-refractivity contribution in [1.29, 1.82) is 0 Å². The summed E-state index contributed by atoms with van der Waals surface area (Å²) < 4.78 is 20.1. The summed E-state index contributed by atoms with van der Waals surface area (Å²) in [4.78, 5) is 57.8. The van der Waals surface area contributed by atoms with Crippen LogP contribution in [0.1, 0.15) is 43.6 Å². The van der Waals surface area contributed by atoms with Gasteiger partial charge in [-0.15, -0.1) is 0 Å². The highest BCUT2D eigenvalue weighted by Gasteiger charge is 2.15. The van der Waals surface area contributed by atoms with Gasteiger partial charge in [-0.05, 0) is 35.9 Å². The van der Waals surface area contributed by atoms with Crippen molar-refractivity contribution in [2.75, 3.05) is 0 Å². The number of ether oxygens (including phenoxy) is 4. The van der Waals surface area contributed by atoms with Gasteiger partial charge in [0.15, 0.2) is 5.78 Å². The predicted molar refractivity (Wildman–Crippen MR) is 111 cm³/mol. The zero-order valence-electron chi connectivity index (χ0n) is 17.8. The van der Waals surface area contributed by atoms with Crippen molar-refractivity contribution in [3.05, 3.63) is 53.6 Å². The Morgan fingerprint density at radius 3 is 1.62 bits per heavy atom. The molecular formula is C23H20O9. The number of esters is 4. The predicted octanol–water partition coefficient (Wildman–Crippen LogP) is 3.28. The summed E-state index contributed by atoms with van der Waals surface area (Å²) in [6, 6.07) is 8.28. The Bertz CT molecular complexity index is 1080. The summed E-state index contributed by atoms with van der Waals surface area (Å²) in [7, 11) is 0. The number of hydrogen-bond acceptors (Lipinski definition) is 9. The summed E-state index contributed by atoms with van der Waals surface area (Å²) >= 11 is 0. The Kier molecular flexibility index (Phi) is 8.00. The van der Waals surface area contributed by atoms with Crippen LogP contribution in [0.5, 0.6) is 23.0 Å². The molecule has 2 aromatic carbocycles. The molecule has 9 heteroatoms. The van der Waals surface area contributed by atoms with Crippen LogP contribution in [-0.2, 0) is 19.2 Å². The lowest BCUT2D eigenvalue weighted by atomic mass is 10.1. The Morgan fingerprint density at radius 1 is 0.625 bits per heavy atom. The van der Waals surface area contributed by atoms with E-state index in [1.165, 1.54) is 76.2 Å². The lowest BCUT2D eigenvalue weighted by Crippen LogP contribution is -2.08. The van der Waals surface area contributed by atoms with Crippen molar-refractivity contribution in [3.63, 3.8) is 0 Å². The summed E-state index contributed by atoms with van der Waals surface area (Å²) in [5, 5.41) is 0. The van der Waals surface area contributed by atoms with Crippen molar-refractivity contribution in [2.24, 2.45) is 0 Å². The maximum Gasteiger partial charge on any atom is 0.308 e. The van der Waals surface area contributed by atoms with Gasteiger partial charge in [-0.2, -0.15) is 0 Å². The van der Waals surface area contributed by atoms with Crippen LogP contribution in [-0.4, -0.2) is 29.7 Å². The van der Waals surface area contributed by atoms with E-state index < -0.39 is 29.7 Å². The SMILES string of the molecule is CC(=O)Oc1cc(/C=C/C(=O)c2ccc(OC(C)=O)cc2OC(C)=O)cc(OC(C)=O)c1. The molecule has 0 bridgehead atoms. The minimum Gasteiger partial charge on any atom is -0.427 e. The number of allylic oxidation sites excluding steroid dienone is 1. The first-order valence-corrected chi connectivity index (χ1v) is 9.28. The number of carbonyl (C=O) groups excluding carboxylic acids is 5. The average Bonchev–Trinajstić information content (AvgIpc) is 2.64. The molecule has 0 amide bonds. The molecule has 2 rings (SSSR count). The Morgan fingerprint density at radius 2 is 1.12 bits per heavy atom. The van der Waals surface area contributed by atoms with Gasteiger partial charge in [0.25, 0.3) is 0 Å². The zero-order chi connectivity index (χ0) is 23.8. The molecule has 0 aliphatic rings. The van der Waals surface area contributed by atoms with Gasteiger partial charge in [0.05, 0.1) is 5.56 Å². The maximum atomic E-state index is 12.7. The molecule has 0 spiro atoms. The fourth-order valence-electron chi connectivity index (χ4n) is 2.58. The molecule has 0 saturated heterocycles. The molecule has 0 aliphatic heterocycles. The van der Waals surface area contributed by atoms with E-state index in [2.05, 4.69) is 0 Å². The van der Waals surface area contributed by atoms with E-state index in [0.717, 1.165) is 0 Å². The number of benzene rings is 2. The molecule has 9 nitrogen and oxygen atoms in total. The quantitative estimate of drug-likeness (QED) is 0.276. The van der Waals surface area contributed by atoms with Crippen molar-refractivity contribution in [2.45, 2.75) is 27.7 Å². The van der Waals surface area contributed by atoms with Gasteiger partial charge in [-0.3, -0.25) is 24.0 Å². The number of ketones is 1. The molecule has 166 valence electrons. The minimum atomic E-state index is -0.664. The standard InChI is InChI=1S/C23H20O9/c1-13(24)29-18-6-7-21(23(12-18)32-16(4)27)22(28)8-5-17-9-19(30-14(2)25)11-20(10-17)31-15(3)26/h5-12H,1-4H3/b8-5+. The van der Waals surface area contributed by atoms with Crippen LogP contribution < -0.4 is 18.9 Å². The van der Waals surface area contributed by atoms with Gasteiger partial charge in [0.1, 0.15) is 23.0 Å². The lowest BCUT2D eigenvalue weighted by molar-refractivity contribution is -0.133. The second-order valence-electron chi connectivity index (χ2n) is 6.47. The van der Waals surface area contributed by atoms with Crippen LogP contribution in [0.2, 0.25) is 0 Å². The number of hydrogen-bond donors (Lipinski definition) is 0. The summed E-state index contributed by atoms with van der Waals surface area (Å²) in [5.74, 6) is -2.65. The highest BCUT2D eigenvalue weighted by Crippen LogP contribution is 2.28. The van der Waals surface area contributed by atoms with Crippen LogP contribution >= 0.6 is 0 Å². The van der Waals surface area contributed by atoms with E-state index >= 15 is 0 Å². The molecule has 0 saturated carbocycles. The summed E-state index contributed by atoms with van der Waals surface area (Å²) in [6.45, 7) is 4.81. The molecular weight excluding hydrogens is 420 g/mol. The molecule has 0 fully saturated rings. The van der Waals surface area contributed by atoms with E-state index in [9.17, 15) is 24.0 Å². The molecule has 0 unspecified atom stereocenters. The van der Waals surface area contributed by atoms with Gasteiger partial charge in [-0.1, -0.05) is 6.08 Å². The van der Waals surface area contributed by atoms with Gasteiger partial charge < -0.3 is 18.9 Å². The normalized spacial score (nSPS) is 10.4. The third-order valence-corrected chi connectivity index (χ3v) is 3.59. The van der Waals surface area contributed by atoms with Crippen molar-refractivity contribution in [3.8, 4) is 23.0 Å². The Balaban J connectivity index is 2.37. The molecule has 0 N–H and O–H groups in total. The fourth-order valence-corrected chi connectivity index (χ4v) is 2.58. The fraction of sp³-hybridized carbons (Fsp3) is 0.174. The van der Waals surface area contributed by atoms with Gasteiger partial charge >= 0.3 is 23.9 Å². The Hall–Kier alpha value is -4.27. The van der Waals surface area contributed by atoms with E-state index in [1.807, 2.05) is 0 Å². The van der Waals surface area contributed by atoms with E-state index in [4.69, 9.17) is 18.9 Å². The van der Waals surface area contributed by atoms with Crippen molar-refractivity contribution >= 4 is 35.7 Å². The highest BCUT2D eigenvalue weighted by molar-refractivity contribution is 6.09. The largest absolute Gasteiger partial charge is 0.427 e. The first-order chi connectivity index (χ1) is 15.0. The summed E-state index contributed by atoms with van der Waals surface area (Å²) in [6.07, 6.45) is 2.60. The lowest BCUT2D eigenvalue weighted by Gasteiger charge is -2.09. The smallest absolute Gasteiger partial charge is 0.308 e. The topological polar surface area (TPSA) is 122 Å². The van der Waals surface area contributed by atoms with Gasteiger partial charge in [-0.25, -0.2) is 0 Å². The van der Waals surface area contributed by atoms with Crippen LogP contribution in [0.25, 0.3) is 6.08 Å². The first kappa shape index (κ1) is 24.0. The maximum absolute atomic E-state index is 12.7. The molecule has 32 heavy (non-hydrogen) atoms. The summed E-state index contributed by atoms with van der Waals surface area (Å²) in [5.41, 5.74) is 0.447. The average molecular weight is 440 g/mol. The second-order valence-corrected chi connectivity index (χ2v) is 6.47. The molecule has 0 aromatic heterocycles. The van der Waals surface area contributed by atoms with E-state index in [1.54, 1.807) is 0 Å². The van der Waals surface area contributed by atoms with Crippen molar-refractivity contribution < 1.29 is 42.9 Å². The number of rotatable bonds is 7. The van der Waals surface area contributed by atoms with Gasteiger partial charge in [0, 0.05) is 39.8 Å². The third-order valence-electron chi connectivity index (χ3n) is 3.59. The monoisotopic (exact) mass is 440 g/mol. The van der Waals surface area contributed by atoms with Crippen LogP contribution in [0.15, 0.2) is 42.5 Å². The molecule has 0 atom stereocenters. The van der Waals surface area contributed by atoms with Crippen LogP contribution in [0.4, 0.5) is 0 Å². The first-order valence-electron chi connectivity index (χ1n) is 9.28. The number of carbonyl (C=O) groups is 5. The van der Waals surface area contributed by atoms with Crippen LogP contribution in [0.3, 0.4) is 0 Å².